The van der Waals surface area contributed by atoms with Gasteiger partial charge in [-0.15, -0.1) is 0 Å². The minimum absolute atomic E-state index is 0.00486. The summed E-state index contributed by atoms with van der Waals surface area (Å²) in [7, 11) is 1.51. The third-order valence-electron chi connectivity index (χ3n) is 10.6. The highest BCUT2D eigenvalue weighted by Gasteiger charge is 2.49. The second-order valence-electron chi connectivity index (χ2n) is 13.6. The highest BCUT2D eigenvalue weighted by Crippen LogP contribution is 2.43. The van der Waals surface area contributed by atoms with E-state index in [1.54, 1.807) is 18.2 Å². The molecule has 4 fully saturated rings. The molecular formula is C35H42F2N4O6. The predicted octanol–water partition coefficient (Wildman–Crippen LogP) is 5.42. The summed E-state index contributed by atoms with van der Waals surface area (Å²) in [6.45, 7) is 6.30. The molecule has 3 aromatic rings. The number of nitrogens with zero attached hydrogens (tertiary/aromatic N) is 4. The van der Waals surface area contributed by atoms with Crippen molar-refractivity contribution >= 4 is 22.3 Å². The van der Waals surface area contributed by atoms with Crippen LogP contribution in [0, 0.1) is 18.8 Å². The van der Waals surface area contributed by atoms with E-state index >= 15 is 0 Å². The first-order chi connectivity index (χ1) is 22.7. The summed E-state index contributed by atoms with van der Waals surface area (Å²) in [5, 5.41) is 10.9. The van der Waals surface area contributed by atoms with Crippen molar-refractivity contribution in [3.63, 3.8) is 0 Å². The highest BCUT2D eigenvalue weighted by molar-refractivity contribution is 5.94. The van der Waals surface area contributed by atoms with Gasteiger partial charge in [-0.05, 0) is 74.8 Å². The summed E-state index contributed by atoms with van der Waals surface area (Å²) < 4.78 is 51.8. The van der Waals surface area contributed by atoms with Crippen molar-refractivity contribution in [2.45, 2.75) is 70.2 Å². The van der Waals surface area contributed by atoms with Gasteiger partial charge in [-0.2, -0.15) is 9.97 Å². The van der Waals surface area contributed by atoms with Gasteiger partial charge < -0.3 is 28.6 Å². The summed E-state index contributed by atoms with van der Waals surface area (Å²) in [6, 6.07) is 5.26. The van der Waals surface area contributed by atoms with Crippen molar-refractivity contribution < 1.29 is 32.5 Å². The van der Waals surface area contributed by atoms with Crippen LogP contribution in [0.5, 0.6) is 11.8 Å². The number of rotatable bonds is 10. The van der Waals surface area contributed by atoms with E-state index < -0.39 is 23.4 Å². The first-order valence-electron chi connectivity index (χ1n) is 16.6. The summed E-state index contributed by atoms with van der Waals surface area (Å²) in [4.78, 5) is 27.8. The summed E-state index contributed by atoms with van der Waals surface area (Å²) in [6.07, 6.45) is 3.52. The molecule has 1 aliphatic carbocycles. The molecule has 47 heavy (non-hydrogen) atoms. The van der Waals surface area contributed by atoms with Crippen LogP contribution in [-0.4, -0.2) is 84.5 Å². The normalized spacial score (nSPS) is 27.5. The Kier molecular flexibility index (Phi) is 8.69. The standard InChI is InChI=1S/C35H42F2N4O6/c1-4-22(14-36)26-7-6-25(46-19-44-3)12-27(26)31-20(2)30-29(33(43)47-31)32(40-15-21-10-23(16-40)28(42)11-21)39-34(38-30)45-18-35-8-5-9-41(35)17-24(37)13-35/h6-7,12,14,21,23-24,28,42H,4-5,8-11,13,15-19H2,1-3H3/b22-14+/t21-,23-,24+,28+,35-/m0/s1. The SMILES string of the molecule is CC/C(=C\F)c1ccc(OCOC)cc1-c1oc(=O)c2c(N3C[C@H]4C[C@@H](C3)[C@H](O)C4)nc(OC[C@@]34CCCN3C[C@H](F)C4)nc2c1C. The quantitative estimate of drug-likeness (QED) is 0.285. The van der Waals surface area contributed by atoms with Gasteiger partial charge in [0.2, 0.25) is 0 Å². The fourth-order valence-electron chi connectivity index (χ4n) is 8.35. The van der Waals surface area contributed by atoms with E-state index in [4.69, 9.17) is 28.6 Å². The number of benzene rings is 1. The second-order valence-corrected chi connectivity index (χ2v) is 13.6. The van der Waals surface area contributed by atoms with Gasteiger partial charge >= 0.3 is 11.6 Å². The zero-order valence-corrected chi connectivity index (χ0v) is 27.1. The molecule has 4 aliphatic rings. The lowest BCUT2D eigenvalue weighted by Crippen LogP contribution is -2.43. The third kappa shape index (κ3) is 5.78. The molecule has 3 aliphatic heterocycles. The Morgan fingerprint density at radius 3 is 2.83 bits per heavy atom. The molecule has 1 aromatic carbocycles. The summed E-state index contributed by atoms with van der Waals surface area (Å²) in [5.41, 5.74) is 1.34. The monoisotopic (exact) mass is 652 g/mol. The minimum Gasteiger partial charge on any atom is -0.468 e. The number of piperidine rings is 1. The van der Waals surface area contributed by atoms with Crippen LogP contribution in [-0.2, 0) is 4.74 Å². The highest BCUT2D eigenvalue weighted by atomic mass is 19.1. The number of allylic oxidation sites excluding steroid dienone is 1. The first-order valence-corrected chi connectivity index (χ1v) is 16.6. The van der Waals surface area contributed by atoms with Crippen LogP contribution in [0.4, 0.5) is 14.6 Å². The van der Waals surface area contributed by atoms with Crippen LogP contribution >= 0.6 is 0 Å². The van der Waals surface area contributed by atoms with Crippen LogP contribution in [0.25, 0.3) is 27.8 Å². The number of ether oxygens (including phenoxy) is 3. The van der Waals surface area contributed by atoms with Gasteiger partial charge in [0.05, 0.1) is 23.5 Å². The Labute approximate surface area is 272 Å². The molecule has 5 heterocycles. The maximum atomic E-state index is 14.5. The van der Waals surface area contributed by atoms with E-state index in [0.717, 1.165) is 25.8 Å². The number of aromatic nitrogens is 2. The van der Waals surface area contributed by atoms with E-state index in [9.17, 15) is 18.7 Å². The van der Waals surface area contributed by atoms with E-state index in [0.29, 0.717) is 84.6 Å². The van der Waals surface area contributed by atoms with Crippen LogP contribution in [0.2, 0.25) is 0 Å². The fourth-order valence-corrected chi connectivity index (χ4v) is 8.35. The van der Waals surface area contributed by atoms with Gasteiger partial charge in [0.15, 0.2) is 12.6 Å². The predicted molar refractivity (Wildman–Crippen MR) is 173 cm³/mol. The summed E-state index contributed by atoms with van der Waals surface area (Å²) >= 11 is 0. The molecule has 3 saturated heterocycles. The molecular weight excluding hydrogens is 610 g/mol. The lowest BCUT2D eigenvalue weighted by Gasteiger charge is -2.34. The lowest BCUT2D eigenvalue weighted by molar-refractivity contribution is 0.0511. The molecule has 5 atom stereocenters. The van der Waals surface area contributed by atoms with E-state index in [2.05, 4.69) is 4.90 Å². The van der Waals surface area contributed by atoms with Crippen LogP contribution in [0.1, 0.15) is 56.6 Å². The van der Waals surface area contributed by atoms with Crippen molar-refractivity contribution in [1.82, 2.24) is 14.9 Å². The number of alkyl halides is 1. The number of methoxy groups -OCH3 is 1. The van der Waals surface area contributed by atoms with Crippen molar-refractivity contribution in [2.24, 2.45) is 11.8 Å². The maximum absolute atomic E-state index is 14.5. The molecule has 1 N–H and O–H groups in total. The number of anilines is 1. The molecule has 2 aromatic heterocycles. The Hall–Kier alpha value is -3.61. The van der Waals surface area contributed by atoms with Crippen LogP contribution in [0.15, 0.2) is 33.7 Å². The Bertz CT molecular complexity index is 1750. The van der Waals surface area contributed by atoms with E-state index in [1.165, 1.54) is 7.11 Å². The Morgan fingerprint density at radius 1 is 1.21 bits per heavy atom. The topological polar surface area (TPSA) is 110 Å². The third-order valence-corrected chi connectivity index (χ3v) is 10.6. The van der Waals surface area contributed by atoms with Gasteiger partial charge in [0, 0.05) is 50.2 Å². The van der Waals surface area contributed by atoms with Gasteiger partial charge in [-0.3, -0.25) is 4.90 Å². The molecule has 252 valence electrons. The van der Waals surface area contributed by atoms with Crippen LogP contribution in [0.3, 0.4) is 0 Å². The number of fused-ring (bicyclic) bond motifs is 4. The van der Waals surface area contributed by atoms with E-state index in [-0.39, 0.29) is 42.4 Å². The smallest absolute Gasteiger partial charge is 0.349 e. The number of hydrogen-bond donors (Lipinski definition) is 1. The van der Waals surface area contributed by atoms with Crippen molar-refractivity contribution in [3.05, 3.63) is 46.1 Å². The van der Waals surface area contributed by atoms with Gasteiger partial charge in [-0.25, -0.2) is 13.6 Å². The second kappa shape index (κ2) is 12.8. The molecule has 0 unspecified atom stereocenters. The number of aliphatic hydroxyl groups is 1. The van der Waals surface area contributed by atoms with Crippen molar-refractivity contribution in [2.75, 3.05) is 51.6 Å². The summed E-state index contributed by atoms with van der Waals surface area (Å²) in [5.74, 6) is 1.44. The number of hydrogen-bond acceptors (Lipinski definition) is 10. The first kappa shape index (κ1) is 32.0. The van der Waals surface area contributed by atoms with Gasteiger partial charge in [0.25, 0.3) is 0 Å². The van der Waals surface area contributed by atoms with Gasteiger partial charge in [-0.1, -0.05) is 13.0 Å². The fraction of sp³-hybridized carbons (Fsp3) is 0.571. The molecule has 7 rings (SSSR count). The average Bonchev–Trinajstić information content (AvgIpc) is 3.68. The molecule has 1 saturated carbocycles. The lowest BCUT2D eigenvalue weighted by atomic mass is 9.94. The van der Waals surface area contributed by atoms with Crippen molar-refractivity contribution in [1.29, 1.82) is 0 Å². The Morgan fingerprint density at radius 2 is 2.06 bits per heavy atom. The molecule has 10 nitrogen and oxygen atoms in total. The average molecular weight is 653 g/mol. The van der Waals surface area contributed by atoms with E-state index in [1.807, 2.05) is 18.7 Å². The number of aryl methyl sites for hydroxylation is 1. The van der Waals surface area contributed by atoms with Crippen LogP contribution < -0.4 is 20.0 Å². The molecule has 0 radical (unpaired) electrons. The number of aliphatic hydroxyl groups excluding tert-OH is 1. The largest absolute Gasteiger partial charge is 0.468 e. The molecule has 0 spiro atoms. The van der Waals surface area contributed by atoms with Gasteiger partial charge in [0.1, 0.15) is 29.7 Å². The molecule has 2 bridgehead atoms. The Balaban J connectivity index is 1.37. The maximum Gasteiger partial charge on any atom is 0.349 e. The zero-order chi connectivity index (χ0) is 32.9. The minimum atomic E-state index is -0.902. The number of halogens is 2. The molecule has 12 heteroatoms. The van der Waals surface area contributed by atoms with Crippen molar-refractivity contribution in [3.8, 4) is 23.1 Å². The zero-order valence-electron chi connectivity index (χ0n) is 27.1. The molecule has 0 amide bonds.